The summed E-state index contributed by atoms with van der Waals surface area (Å²) in [6.45, 7) is 14.5. The fourth-order valence-electron chi connectivity index (χ4n) is 1.44. The molecule has 92 valence electrons. The van der Waals surface area contributed by atoms with Crippen molar-refractivity contribution in [1.29, 1.82) is 0 Å². The van der Waals surface area contributed by atoms with Crippen molar-refractivity contribution < 1.29 is 12.4 Å². The van der Waals surface area contributed by atoms with Gasteiger partial charge in [-0.15, -0.1) is 23.5 Å². The number of hydrogen-bond donors (Lipinski definition) is 0. The lowest BCUT2D eigenvalue weighted by molar-refractivity contribution is -0.00000370. The van der Waals surface area contributed by atoms with E-state index in [4.69, 9.17) is 0 Å². The Labute approximate surface area is 111 Å². The topological polar surface area (TPSA) is 0 Å². The highest BCUT2D eigenvalue weighted by Gasteiger charge is 2.39. The van der Waals surface area contributed by atoms with Crippen molar-refractivity contribution in [3.05, 3.63) is 0 Å². The summed E-state index contributed by atoms with van der Waals surface area (Å²) in [6.07, 6.45) is 0. The lowest BCUT2D eigenvalue weighted by Gasteiger charge is -2.37. The van der Waals surface area contributed by atoms with E-state index in [9.17, 15) is 0 Å². The quantitative estimate of drug-likeness (QED) is 0.667. The Kier molecular flexibility index (Phi) is 6.40. The summed E-state index contributed by atoms with van der Waals surface area (Å²) in [6, 6.07) is 0. The van der Waals surface area contributed by atoms with Crippen molar-refractivity contribution in [2.45, 2.75) is 25.1 Å². The van der Waals surface area contributed by atoms with E-state index in [1.165, 1.54) is 11.5 Å². The van der Waals surface area contributed by atoms with Gasteiger partial charge in [0.25, 0.3) is 0 Å². The average molecular weight is 287 g/mol. The molecule has 0 spiro atoms. The summed E-state index contributed by atoms with van der Waals surface area (Å²) in [5.41, 5.74) is 0.501. The van der Waals surface area contributed by atoms with Crippen LogP contribution in [-0.2, 0) is 0 Å². The SMILES string of the molecule is CC(C)(C)C1CSC([P+](C)(C)C)SC1.[Cl-]. The third kappa shape index (κ3) is 5.06. The molecule has 0 unspecified atom stereocenters. The summed E-state index contributed by atoms with van der Waals surface area (Å²) >= 11 is 4.43. The Balaban J connectivity index is 0.00000196. The molecule has 0 aromatic rings. The second-order valence-electron chi connectivity index (χ2n) is 6.15. The first-order valence-electron chi connectivity index (χ1n) is 5.25. The van der Waals surface area contributed by atoms with Gasteiger partial charge in [0.15, 0.2) is 4.32 Å². The van der Waals surface area contributed by atoms with Gasteiger partial charge in [0.2, 0.25) is 0 Å². The van der Waals surface area contributed by atoms with Crippen molar-refractivity contribution in [2.24, 2.45) is 11.3 Å². The molecule has 0 nitrogen and oxygen atoms in total. The molecule has 0 bridgehead atoms. The van der Waals surface area contributed by atoms with E-state index in [0.29, 0.717) is 5.41 Å². The average Bonchev–Trinajstić information content (AvgIpc) is 2.01. The molecule has 0 amide bonds. The van der Waals surface area contributed by atoms with Gasteiger partial charge in [-0.2, -0.15) is 0 Å². The van der Waals surface area contributed by atoms with Crippen molar-refractivity contribution in [3.8, 4) is 0 Å². The molecule has 15 heavy (non-hydrogen) atoms. The maximum Gasteiger partial charge on any atom is 0.158 e. The van der Waals surface area contributed by atoms with Gasteiger partial charge in [0.05, 0.1) is 20.0 Å². The Bertz CT molecular complexity index is 166. The molecule has 0 N–H and O–H groups in total. The highest BCUT2D eigenvalue weighted by atomic mass is 35.5. The van der Waals surface area contributed by atoms with Crippen molar-refractivity contribution in [2.75, 3.05) is 31.5 Å². The molecule has 0 radical (unpaired) electrons. The summed E-state index contributed by atoms with van der Waals surface area (Å²) in [4.78, 5) is 0. The van der Waals surface area contributed by atoms with Crippen LogP contribution in [0.25, 0.3) is 0 Å². The van der Waals surface area contributed by atoms with Crippen LogP contribution in [0.5, 0.6) is 0 Å². The fraction of sp³-hybridized carbons (Fsp3) is 1.00. The molecule has 0 atom stereocenters. The molecule has 1 heterocycles. The van der Waals surface area contributed by atoms with E-state index in [1.54, 1.807) is 0 Å². The highest BCUT2D eigenvalue weighted by molar-refractivity contribution is 8.26. The van der Waals surface area contributed by atoms with Crippen LogP contribution in [0.1, 0.15) is 20.8 Å². The predicted octanol–water partition coefficient (Wildman–Crippen LogP) is 1.32. The third-order valence-electron chi connectivity index (χ3n) is 2.74. The molecule has 4 heteroatoms. The molecule has 0 aliphatic carbocycles. The molecule has 0 aromatic heterocycles. The van der Waals surface area contributed by atoms with Crippen LogP contribution in [0.3, 0.4) is 0 Å². The first-order chi connectivity index (χ1) is 6.21. The van der Waals surface area contributed by atoms with Crippen molar-refractivity contribution in [3.63, 3.8) is 0 Å². The van der Waals surface area contributed by atoms with Crippen LogP contribution in [0.2, 0.25) is 0 Å². The Morgan fingerprint density at radius 1 is 1.00 bits per heavy atom. The number of halogens is 1. The summed E-state index contributed by atoms with van der Waals surface area (Å²) in [7, 11) is -0.644. The summed E-state index contributed by atoms with van der Waals surface area (Å²) in [5.74, 6) is 3.65. The highest BCUT2D eigenvalue weighted by Crippen LogP contribution is 2.63. The number of thioether (sulfide) groups is 2. The minimum Gasteiger partial charge on any atom is -1.00 e. The molecular formula is C11H24ClPS2. The summed E-state index contributed by atoms with van der Waals surface area (Å²) in [5, 5.41) is 0. The minimum atomic E-state index is -0.644. The second kappa shape index (κ2) is 5.85. The maximum absolute atomic E-state index is 2.47. The van der Waals surface area contributed by atoms with E-state index in [-0.39, 0.29) is 12.4 Å². The summed E-state index contributed by atoms with van der Waals surface area (Å²) < 4.78 is 0.904. The van der Waals surface area contributed by atoms with Gasteiger partial charge in [0, 0.05) is 18.8 Å². The maximum atomic E-state index is 2.47. The van der Waals surface area contributed by atoms with Crippen LogP contribution >= 0.6 is 30.8 Å². The second-order valence-corrected chi connectivity index (χ2v) is 14.2. The number of rotatable bonds is 1. The Hall–Kier alpha value is 1.42. The van der Waals surface area contributed by atoms with E-state index < -0.39 is 7.26 Å². The molecule has 1 saturated heterocycles. The molecule has 0 saturated carbocycles. The van der Waals surface area contributed by atoms with Gasteiger partial charge in [-0.3, -0.25) is 0 Å². The van der Waals surface area contributed by atoms with E-state index in [2.05, 4.69) is 64.3 Å². The van der Waals surface area contributed by atoms with E-state index in [1.807, 2.05) is 0 Å². The van der Waals surface area contributed by atoms with Gasteiger partial charge in [-0.25, -0.2) is 0 Å². The molecule has 1 aliphatic heterocycles. The smallest absolute Gasteiger partial charge is 0.158 e. The monoisotopic (exact) mass is 286 g/mol. The van der Waals surface area contributed by atoms with Crippen LogP contribution in [-0.4, -0.2) is 35.8 Å². The molecular weight excluding hydrogens is 263 g/mol. The van der Waals surface area contributed by atoms with Gasteiger partial charge in [-0.05, 0) is 11.3 Å². The van der Waals surface area contributed by atoms with Gasteiger partial charge < -0.3 is 12.4 Å². The van der Waals surface area contributed by atoms with Crippen molar-refractivity contribution in [1.82, 2.24) is 0 Å². The first kappa shape index (κ1) is 16.4. The zero-order valence-electron chi connectivity index (χ0n) is 10.7. The largest absolute Gasteiger partial charge is 1.00 e. The Morgan fingerprint density at radius 2 is 1.40 bits per heavy atom. The minimum absolute atomic E-state index is 0. The normalized spacial score (nSPS) is 28.4. The fourth-order valence-corrected chi connectivity index (χ4v) is 8.57. The first-order valence-corrected chi connectivity index (χ1v) is 10.6. The van der Waals surface area contributed by atoms with E-state index >= 15 is 0 Å². The van der Waals surface area contributed by atoms with Crippen LogP contribution in [0.15, 0.2) is 0 Å². The lowest BCUT2D eigenvalue weighted by Crippen LogP contribution is -3.00. The van der Waals surface area contributed by atoms with Gasteiger partial charge in [-0.1, -0.05) is 20.8 Å². The van der Waals surface area contributed by atoms with Crippen LogP contribution < -0.4 is 12.4 Å². The van der Waals surface area contributed by atoms with Gasteiger partial charge >= 0.3 is 0 Å². The standard InChI is InChI=1S/C11H24PS2.ClH/c1-11(2,3)9-7-13-10(14-8-9)12(4,5)6;/h9-10H,7-8H2,1-6H3;1H/q+1;/p-1. The van der Waals surface area contributed by atoms with E-state index in [0.717, 1.165) is 10.2 Å². The molecule has 1 rings (SSSR count). The van der Waals surface area contributed by atoms with Crippen molar-refractivity contribution >= 4 is 30.8 Å². The molecule has 1 fully saturated rings. The zero-order valence-corrected chi connectivity index (χ0v) is 14.0. The van der Waals surface area contributed by atoms with Crippen LogP contribution in [0, 0.1) is 11.3 Å². The zero-order chi connectivity index (χ0) is 11.0. The van der Waals surface area contributed by atoms with Gasteiger partial charge in [0.1, 0.15) is 0 Å². The predicted molar refractivity (Wildman–Crippen MR) is 76.3 cm³/mol. The Morgan fingerprint density at radius 3 is 1.67 bits per heavy atom. The lowest BCUT2D eigenvalue weighted by atomic mass is 9.83. The molecule has 1 aliphatic rings. The number of hydrogen-bond acceptors (Lipinski definition) is 2. The van der Waals surface area contributed by atoms with Crippen LogP contribution in [0.4, 0.5) is 0 Å². The third-order valence-corrected chi connectivity index (χ3v) is 11.3. The molecule has 0 aromatic carbocycles.